The van der Waals surface area contributed by atoms with E-state index in [1.807, 2.05) is 6.92 Å². The highest BCUT2D eigenvalue weighted by Gasteiger charge is 2.50. The summed E-state index contributed by atoms with van der Waals surface area (Å²) in [6.45, 7) is 9.34. The molecule has 2 heteroatoms. The zero-order valence-corrected chi connectivity index (χ0v) is 18.1. The van der Waals surface area contributed by atoms with E-state index >= 15 is 0 Å². The van der Waals surface area contributed by atoms with Gasteiger partial charge in [0, 0.05) is 5.92 Å². The van der Waals surface area contributed by atoms with E-state index in [0.717, 1.165) is 30.6 Å². The lowest BCUT2D eigenvalue weighted by atomic mass is 9.60. The number of unbranched alkanes of at least 4 members (excludes halogenated alkanes) is 1. The van der Waals surface area contributed by atoms with E-state index < -0.39 is 12.2 Å². The Balaban J connectivity index is 1.73. The number of fused-ring (bicyclic) bond motifs is 1. The maximum absolute atomic E-state index is 10.2. The summed E-state index contributed by atoms with van der Waals surface area (Å²) in [4.78, 5) is 0. The smallest absolute Gasteiger partial charge is 0.0627 e. The fourth-order valence-electron chi connectivity index (χ4n) is 6.55. The van der Waals surface area contributed by atoms with Gasteiger partial charge in [0.25, 0.3) is 0 Å². The molecule has 1 unspecified atom stereocenters. The third-order valence-corrected chi connectivity index (χ3v) is 8.43. The minimum atomic E-state index is -0.398. The highest BCUT2D eigenvalue weighted by molar-refractivity contribution is 5.26. The van der Waals surface area contributed by atoms with Gasteiger partial charge < -0.3 is 10.2 Å². The van der Waals surface area contributed by atoms with Gasteiger partial charge in [-0.3, -0.25) is 0 Å². The first-order valence-corrected chi connectivity index (χ1v) is 11.6. The van der Waals surface area contributed by atoms with E-state index in [-0.39, 0.29) is 5.92 Å². The van der Waals surface area contributed by atoms with Crippen molar-refractivity contribution in [2.75, 3.05) is 0 Å². The van der Waals surface area contributed by atoms with Crippen LogP contribution in [0.5, 0.6) is 0 Å². The van der Waals surface area contributed by atoms with Crippen LogP contribution in [-0.2, 0) is 0 Å². The van der Waals surface area contributed by atoms with Crippen molar-refractivity contribution >= 4 is 0 Å². The third-order valence-electron chi connectivity index (χ3n) is 8.43. The number of rotatable bonds is 5. The molecule has 0 aliphatic heterocycles. The van der Waals surface area contributed by atoms with Gasteiger partial charge in [0.1, 0.15) is 0 Å². The van der Waals surface area contributed by atoms with Crippen molar-refractivity contribution in [3.8, 4) is 0 Å². The lowest BCUT2D eigenvalue weighted by molar-refractivity contribution is 0.00407. The summed E-state index contributed by atoms with van der Waals surface area (Å²) in [5.74, 6) is 2.47. The van der Waals surface area contributed by atoms with Crippen molar-refractivity contribution in [2.24, 2.45) is 29.1 Å². The average Bonchev–Trinajstić information content (AvgIpc) is 2.99. The molecule has 0 heterocycles. The largest absolute Gasteiger partial charge is 0.392 e. The normalized spacial score (nSPS) is 42.2. The molecule has 3 rings (SSSR count). The van der Waals surface area contributed by atoms with Crippen LogP contribution in [-0.4, -0.2) is 22.4 Å². The van der Waals surface area contributed by atoms with Gasteiger partial charge in [-0.2, -0.15) is 0 Å². The summed E-state index contributed by atoms with van der Waals surface area (Å²) >= 11 is 0. The number of allylic oxidation sites excluding steroid dienone is 3. The Morgan fingerprint density at radius 1 is 1.15 bits per heavy atom. The summed E-state index contributed by atoms with van der Waals surface area (Å²) in [5, 5.41) is 20.4. The Morgan fingerprint density at radius 3 is 2.52 bits per heavy atom. The molecule has 3 saturated carbocycles. The van der Waals surface area contributed by atoms with Crippen LogP contribution < -0.4 is 0 Å². The Labute approximate surface area is 167 Å². The van der Waals surface area contributed by atoms with Gasteiger partial charge in [-0.1, -0.05) is 70.3 Å². The van der Waals surface area contributed by atoms with Gasteiger partial charge in [0.15, 0.2) is 0 Å². The molecule has 2 N–H and O–H groups in total. The zero-order valence-electron chi connectivity index (χ0n) is 18.1. The number of hydrogen-bond donors (Lipinski definition) is 2. The van der Waals surface area contributed by atoms with E-state index in [1.54, 1.807) is 5.57 Å². The molecule has 3 fully saturated rings. The van der Waals surface area contributed by atoms with Crippen LogP contribution in [0.2, 0.25) is 0 Å². The maximum Gasteiger partial charge on any atom is 0.0627 e. The standard InChI is InChI=1S/C25H42O2/c1-5-6-8-17(2)21-12-13-22-20(9-7-14-25(21,22)4)11-10-19-15-23(26)18(3)24(27)16-19/h10-11,17-18,21-24,26-27H,5-9,12-16H2,1-4H3/b19-10?,20-11+/t17-,18?,21+,22-,23+,24+,25?/m0/s1. The average molecular weight is 375 g/mol. The zero-order chi connectivity index (χ0) is 19.6. The first-order chi connectivity index (χ1) is 12.9. The quantitative estimate of drug-likeness (QED) is 0.616. The Hall–Kier alpha value is -0.600. The van der Waals surface area contributed by atoms with E-state index in [2.05, 4.69) is 32.9 Å². The van der Waals surface area contributed by atoms with Crippen LogP contribution in [0, 0.1) is 29.1 Å². The molecule has 0 amide bonds. The van der Waals surface area contributed by atoms with Gasteiger partial charge in [-0.05, 0) is 68.1 Å². The van der Waals surface area contributed by atoms with Gasteiger partial charge in [-0.15, -0.1) is 0 Å². The molecule has 2 nitrogen and oxygen atoms in total. The summed E-state index contributed by atoms with van der Waals surface area (Å²) in [6.07, 6.45) is 16.0. The second-order valence-corrected chi connectivity index (χ2v) is 10.2. The van der Waals surface area contributed by atoms with Crippen LogP contribution in [0.25, 0.3) is 0 Å². The summed E-state index contributed by atoms with van der Waals surface area (Å²) in [5.41, 5.74) is 3.35. The van der Waals surface area contributed by atoms with Gasteiger partial charge in [0.05, 0.1) is 12.2 Å². The fourth-order valence-corrected chi connectivity index (χ4v) is 6.55. The van der Waals surface area contributed by atoms with Crippen LogP contribution in [0.3, 0.4) is 0 Å². The molecular weight excluding hydrogens is 332 g/mol. The van der Waals surface area contributed by atoms with Gasteiger partial charge >= 0.3 is 0 Å². The van der Waals surface area contributed by atoms with E-state index in [0.29, 0.717) is 5.41 Å². The monoisotopic (exact) mass is 374 g/mol. The maximum atomic E-state index is 10.2. The molecule has 6 atom stereocenters. The topological polar surface area (TPSA) is 40.5 Å². The molecule has 0 aromatic carbocycles. The summed E-state index contributed by atoms with van der Waals surface area (Å²) in [6, 6.07) is 0. The minimum Gasteiger partial charge on any atom is -0.392 e. The lowest BCUT2D eigenvalue weighted by Gasteiger charge is -2.44. The highest BCUT2D eigenvalue weighted by atomic mass is 16.3. The SMILES string of the molecule is CCCC[C@H](C)[C@H]1CC[C@H]2/C(=C/C=C3C[C@@H](O)C(C)[C@H](O)C3)CCCC12C. The van der Waals surface area contributed by atoms with Crippen LogP contribution in [0.1, 0.15) is 91.9 Å². The van der Waals surface area contributed by atoms with E-state index in [4.69, 9.17) is 0 Å². The molecule has 0 bridgehead atoms. The predicted molar refractivity (Wildman–Crippen MR) is 113 cm³/mol. The van der Waals surface area contributed by atoms with Crippen LogP contribution in [0.15, 0.2) is 23.3 Å². The summed E-state index contributed by atoms with van der Waals surface area (Å²) < 4.78 is 0. The predicted octanol–water partition coefficient (Wildman–Crippen LogP) is 6.03. The van der Waals surface area contributed by atoms with Crippen molar-refractivity contribution in [1.29, 1.82) is 0 Å². The molecule has 0 radical (unpaired) electrons. The number of aliphatic hydroxyl groups is 2. The first kappa shape index (κ1) is 21.1. The van der Waals surface area contributed by atoms with Crippen molar-refractivity contribution in [3.63, 3.8) is 0 Å². The Morgan fingerprint density at radius 2 is 1.85 bits per heavy atom. The van der Waals surface area contributed by atoms with Gasteiger partial charge in [-0.25, -0.2) is 0 Å². The Kier molecular flexibility index (Phi) is 6.90. The second-order valence-electron chi connectivity index (χ2n) is 10.2. The molecule has 27 heavy (non-hydrogen) atoms. The third kappa shape index (κ3) is 4.37. The van der Waals surface area contributed by atoms with Crippen molar-refractivity contribution in [1.82, 2.24) is 0 Å². The van der Waals surface area contributed by atoms with Crippen molar-refractivity contribution < 1.29 is 10.2 Å². The number of hydrogen-bond acceptors (Lipinski definition) is 2. The van der Waals surface area contributed by atoms with E-state index in [1.165, 1.54) is 56.9 Å². The highest BCUT2D eigenvalue weighted by Crippen LogP contribution is 2.59. The molecule has 154 valence electrons. The van der Waals surface area contributed by atoms with E-state index in [9.17, 15) is 10.2 Å². The molecule has 0 saturated heterocycles. The first-order valence-electron chi connectivity index (χ1n) is 11.6. The number of aliphatic hydroxyl groups excluding tert-OH is 2. The van der Waals surface area contributed by atoms with Gasteiger partial charge in [0.2, 0.25) is 0 Å². The van der Waals surface area contributed by atoms with Crippen molar-refractivity contribution in [3.05, 3.63) is 23.3 Å². The van der Waals surface area contributed by atoms with Crippen LogP contribution in [0.4, 0.5) is 0 Å². The second kappa shape index (κ2) is 8.82. The summed E-state index contributed by atoms with van der Waals surface area (Å²) in [7, 11) is 0. The van der Waals surface area contributed by atoms with Crippen LogP contribution >= 0.6 is 0 Å². The minimum absolute atomic E-state index is 0.00651. The fraction of sp³-hybridized carbons (Fsp3) is 0.840. The molecule has 0 spiro atoms. The molecule has 0 aromatic rings. The molecule has 3 aliphatic rings. The Bertz CT molecular complexity index is 549. The molecular formula is C25H42O2. The lowest BCUT2D eigenvalue weighted by Crippen LogP contribution is -2.36. The molecule has 3 aliphatic carbocycles. The van der Waals surface area contributed by atoms with Crippen molar-refractivity contribution in [2.45, 2.75) is 104 Å². The molecule has 0 aromatic heterocycles.